The van der Waals surface area contributed by atoms with Crippen molar-refractivity contribution in [2.45, 2.75) is 49.8 Å². The number of quaternary nitrogens is 1. The molecule has 0 radical (unpaired) electrons. The zero-order valence-corrected chi connectivity index (χ0v) is 15.3. The van der Waals surface area contributed by atoms with Gasteiger partial charge in [0, 0.05) is 18.6 Å². The van der Waals surface area contributed by atoms with Crippen LogP contribution < -0.4 is 4.90 Å². The van der Waals surface area contributed by atoms with Gasteiger partial charge in [-0.05, 0) is 31.6 Å². The van der Waals surface area contributed by atoms with E-state index in [0.717, 1.165) is 11.8 Å². The zero-order chi connectivity index (χ0) is 16.3. The molecule has 3 rings (SSSR count). The van der Waals surface area contributed by atoms with Crippen LogP contribution in [0.2, 0.25) is 0 Å². The van der Waals surface area contributed by atoms with E-state index in [9.17, 15) is 8.42 Å². The maximum atomic E-state index is 11.5. The van der Waals surface area contributed by atoms with Crippen LogP contribution in [0.4, 0.5) is 0 Å². The Morgan fingerprint density at radius 1 is 1.30 bits per heavy atom. The predicted molar refractivity (Wildman–Crippen MR) is 89.5 cm³/mol. The Bertz CT molecular complexity index is 617. The summed E-state index contributed by atoms with van der Waals surface area (Å²) in [6, 6.07) is 0.752. The van der Waals surface area contributed by atoms with E-state index in [1.165, 1.54) is 32.2 Å². The molecule has 2 fully saturated rings. The molecule has 2 saturated heterocycles. The summed E-state index contributed by atoms with van der Waals surface area (Å²) in [5.74, 6) is 2.27. The average molecular weight is 361 g/mol. The maximum absolute atomic E-state index is 11.5. The third-order valence-electron chi connectivity index (χ3n) is 5.00. The van der Waals surface area contributed by atoms with Crippen molar-refractivity contribution < 1.29 is 17.7 Å². The molecule has 23 heavy (non-hydrogen) atoms. The molecule has 0 aliphatic carbocycles. The van der Waals surface area contributed by atoms with Crippen molar-refractivity contribution in [3.05, 3.63) is 5.89 Å². The Balaban J connectivity index is 1.42. The van der Waals surface area contributed by atoms with E-state index in [4.69, 9.17) is 4.42 Å². The summed E-state index contributed by atoms with van der Waals surface area (Å²) in [6.07, 6.45) is 6.49. The van der Waals surface area contributed by atoms with Crippen molar-refractivity contribution in [1.29, 1.82) is 0 Å². The van der Waals surface area contributed by atoms with Crippen molar-refractivity contribution in [2.75, 3.05) is 30.9 Å². The van der Waals surface area contributed by atoms with Crippen LogP contribution in [0, 0.1) is 5.92 Å². The number of nitrogens with one attached hydrogen (secondary N) is 1. The molecule has 0 aromatic carbocycles. The molecule has 2 aliphatic heterocycles. The van der Waals surface area contributed by atoms with Crippen LogP contribution in [-0.4, -0.2) is 55.5 Å². The van der Waals surface area contributed by atoms with Crippen molar-refractivity contribution in [3.8, 4) is 0 Å². The van der Waals surface area contributed by atoms with Gasteiger partial charge in [0.2, 0.25) is 5.89 Å². The molecule has 0 saturated carbocycles. The van der Waals surface area contributed by atoms with Crippen molar-refractivity contribution in [1.82, 2.24) is 10.2 Å². The SMILES string of the molecule is C[NH+]1CCCC[C@@H]1CCSc1nnc(C[C@@H]2CCS(=O)(=O)C2)o1. The number of aromatic nitrogens is 2. The lowest BCUT2D eigenvalue weighted by Crippen LogP contribution is -3.13. The number of rotatable bonds is 6. The van der Waals surface area contributed by atoms with Gasteiger partial charge in [-0.2, -0.15) is 0 Å². The van der Waals surface area contributed by atoms with Gasteiger partial charge >= 0.3 is 0 Å². The van der Waals surface area contributed by atoms with Crippen LogP contribution in [0.3, 0.4) is 0 Å². The number of likely N-dealkylation sites (tertiary alicyclic amines) is 1. The summed E-state index contributed by atoms with van der Waals surface area (Å²) in [4.78, 5) is 1.64. The summed E-state index contributed by atoms with van der Waals surface area (Å²) in [6.45, 7) is 1.28. The highest BCUT2D eigenvalue weighted by molar-refractivity contribution is 7.99. The Hall–Kier alpha value is -0.600. The molecule has 2 aliphatic rings. The molecule has 130 valence electrons. The molecule has 1 N–H and O–H groups in total. The van der Waals surface area contributed by atoms with Gasteiger partial charge in [0.15, 0.2) is 9.84 Å². The second-order valence-corrected chi connectivity index (χ2v) is 10.1. The Morgan fingerprint density at radius 3 is 2.91 bits per heavy atom. The number of piperidine rings is 1. The van der Waals surface area contributed by atoms with E-state index in [-0.39, 0.29) is 11.7 Å². The van der Waals surface area contributed by atoms with Crippen LogP contribution in [0.5, 0.6) is 0 Å². The van der Waals surface area contributed by atoms with Crippen molar-refractivity contribution in [2.24, 2.45) is 5.92 Å². The standard InChI is InChI=1S/C15H25N3O3S2/c1-18-7-3-2-4-13(18)5-8-22-15-17-16-14(21-15)10-12-6-9-23(19,20)11-12/h12-13H,2-11H2,1H3/p+1/t12-,13+/m0/s1. The van der Waals surface area contributed by atoms with Gasteiger partial charge in [0.05, 0.1) is 31.1 Å². The fourth-order valence-electron chi connectivity index (χ4n) is 3.58. The lowest BCUT2D eigenvalue weighted by atomic mass is 10.0. The lowest BCUT2D eigenvalue weighted by Gasteiger charge is -2.29. The van der Waals surface area contributed by atoms with Crippen LogP contribution in [-0.2, 0) is 16.3 Å². The number of hydrogen-bond donors (Lipinski definition) is 1. The highest BCUT2D eigenvalue weighted by Gasteiger charge is 2.29. The molecule has 6 nitrogen and oxygen atoms in total. The first kappa shape index (κ1) is 17.2. The lowest BCUT2D eigenvalue weighted by molar-refractivity contribution is -0.911. The van der Waals surface area contributed by atoms with E-state index >= 15 is 0 Å². The monoisotopic (exact) mass is 360 g/mol. The molecule has 0 amide bonds. The van der Waals surface area contributed by atoms with E-state index < -0.39 is 9.84 Å². The van der Waals surface area contributed by atoms with Crippen LogP contribution in [0.1, 0.15) is 38.0 Å². The van der Waals surface area contributed by atoms with Crippen LogP contribution in [0.15, 0.2) is 9.64 Å². The van der Waals surface area contributed by atoms with E-state index in [0.29, 0.717) is 29.7 Å². The minimum absolute atomic E-state index is 0.137. The van der Waals surface area contributed by atoms with Crippen LogP contribution >= 0.6 is 11.8 Å². The van der Waals surface area contributed by atoms with Gasteiger partial charge in [-0.3, -0.25) is 0 Å². The Labute approximate surface area is 142 Å². The van der Waals surface area contributed by atoms with Crippen molar-refractivity contribution >= 4 is 21.6 Å². The Kier molecular flexibility index (Phi) is 5.64. The summed E-state index contributed by atoms with van der Waals surface area (Å²) in [5, 5.41) is 8.78. The summed E-state index contributed by atoms with van der Waals surface area (Å²) >= 11 is 1.62. The molecular weight excluding hydrogens is 334 g/mol. The quantitative estimate of drug-likeness (QED) is 0.749. The summed E-state index contributed by atoms with van der Waals surface area (Å²) < 4.78 is 28.6. The van der Waals surface area contributed by atoms with Crippen molar-refractivity contribution in [3.63, 3.8) is 0 Å². The minimum atomic E-state index is -2.84. The molecule has 8 heteroatoms. The second-order valence-electron chi connectivity index (χ2n) is 6.86. The van der Waals surface area contributed by atoms with E-state index in [1.54, 1.807) is 16.7 Å². The molecule has 1 unspecified atom stereocenters. The Morgan fingerprint density at radius 2 is 2.17 bits per heavy atom. The highest BCUT2D eigenvalue weighted by Crippen LogP contribution is 2.24. The van der Waals surface area contributed by atoms with Crippen LogP contribution in [0.25, 0.3) is 0 Å². The molecule has 3 heterocycles. The summed E-state index contributed by atoms with van der Waals surface area (Å²) in [7, 11) is -0.551. The number of nitrogens with zero attached hydrogens (tertiary/aromatic N) is 2. The van der Waals surface area contributed by atoms with Gasteiger partial charge in [-0.25, -0.2) is 8.42 Å². The molecule has 1 aromatic heterocycles. The van der Waals surface area contributed by atoms with Gasteiger partial charge in [-0.1, -0.05) is 11.8 Å². The first-order valence-electron chi connectivity index (χ1n) is 8.50. The zero-order valence-electron chi connectivity index (χ0n) is 13.7. The second kappa shape index (κ2) is 7.53. The maximum Gasteiger partial charge on any atom is 0.276 e. The third-order valence-corrected chi connectivity index (χ3v) is 7.69. The topological polar surface area (TPSA) is 77.5 Å². The first-order chi connectivity index (χ1) is 11.0. The smallest absolute Gasteiger partial charge is 0.276 e. The number of thioether (sulfide) groups is 1. The fourth-order valence-corrected chi connectivity index (χ4v) is 6.28. The molecule has 3 atom stereocenters. The van der Waals surface area contributed by atoms with Gasteiger partial charge in [-0.15, -0.1) is 10.2 Å². The molecule has 1 aromatic rings. The predicted octanol–water partition coefficient (Wildman–Crippen LogP) is 0.596. The third kappa shape index (κ3) is 4.93. The van der Waals surface area contributed by atoms with Gasteiger partial charge in [0.25, 0.3) is 5.22 Å². The molecule has 0 spiro atoms. The minimum Gasteiger partial charge on any atom is -0.416 e. The average Bonchev–Trinajstić information content (AvgIpc) is 3.08. The highest BCUT2D eigenvalue weighted by atomic mass is 32.2. The van der Waals surface area contributed by atoms with E-state index in [2.05, 4.69) is 17.2 Å². The molecule has 0 bridgehead atoms. The first-order valence-corrected chi connectivity index (χ1v) is 11.3. The number of hydrogen-bond acceptors (Lipinski definition) is 6. The number of sulfone groups is 1. The van der Waals surface area contributed by atoms with E-state index in [1.807, 2.05) is 0 Å². The van der Waals surface area contributed by atoms with Gasteiger partial charge < -0.3 is 9.32 Å². The summed E-state index contributed by atoms with van der Waals surface area (Å²) in [5.41, 5.74) is 0. The normalized spacial score (nSPS) is 30.6. The fraction of sp³-hybridized carbons (Fsp3) is 0.867. The van der Waals surface area contributed by atoms with Gasteiger partial charge in [0.1, 0.15) is 0 Å². The largest absolute Gasteiger partial charge is 0.416 e. The molecular formula is C15H26N3O3S2+.